The molecule has 1 heterocycles. The maximum atomic E-state index is 12.0. The monoisotopic (exact) mass is 480 g/mol. The third-order valence-electron chi connectivity index (χ3n) is 4.85. The minimum Gasteiger partial charge on any atom is -0.492 e. The van der Waals surface area contributed by atoms with Crippen LogP contribution in [0.15, 0.2) is 54.7 Å². The van der Waals surface area contributed by atoms with Gasteiger partial charge in [-0.1, -0.05) is 38.1 Å². The van der Waals surface area contributed by atoms with Crippen LogP contribution in [0, 0.1) is 17.2 Å². The lowest BCUT2D eigenvalue weighted by molar-refractivity contribution is 0.270. The largest absolute Gasteiger partial charge is 0.492 e. The Morgan fingerprint density at radius 3 is 2.53 bits per heavy atom. The molecule has 1 aromatic heterocycles. The number of nitriles is 1. The van der Waals surface area contributed by atoms with Crippen molar-refractivity contribution in [2.75, 3.05) is 19.8 Å². The first-order valence-electron chi connectivity index (χ1n) is 10.9. The van der Waals surface area contributed by atoms with Crippen LogP contribution in [0.2, 0.25) is 0 Å². The second-order valence-electron chi connectivity index (χ2n) is 8.26. The second kappa shape index (κ2) is 11.7. The number of hydrogen-bond acceptors (Lipinski definition) is 7. The van der Waals surface area contributed by atoms with Crippen molar-refractivity contribution in [2.24, 2.45) is 5.92 Å². The first-order chi connectivity index (χ1) is 16.3. The fourth-order valence-electron chi connectivity index (χ4n) is 3.21. The standard InChI is InChI=1S/C25H28N4O4S/c1-18(2)16-33-24-8-7-21(14-22(24)15-26)23-9-10-27-25(29-23)13-19-3-5-20(6-4-19)17-34(31,32)28-11-12-30/h3-10,14,18,28,30H,11-13,16-17H2,1-2H3. The van der Waals surface area contributed by atoms with Crippen LogP contribution in [-0.4, -0.2) is 43.3 Å². The average Bonchev–Trinajstić information content (AvgIpc) is 2.82. The van der Waals surface area contributed by atoms with Crippen molar-refractivity contribution in [3.8, 4) is 23.1 Å². The van der Waals surface area contributed by atoms with Crippen molar-refractivity contribution in [1.82, 2.24) is 14.7 Å². The summed E-state index contributed by atoms with van der Waals surface area (Å²) in [6, 6.07) is 16.6. The molecule has 0 atom stereocenters. The van der Waals surface area contributed by atoms with Gasteiger partial charge in [0, 0.05) is 24.7 Å². The summed E-state index contributed by atoms with van der Waals surface area (Å²) in [5.74, 6) is 1.37. The van der Waals surface area contributed by atoms with E-state index in [4.69, 9.17) is 9.84 Å². The number of sulfonamides is 1. The van der Waals surface area contributed by atoms with Crippen LogP contribution < -0.4 is 9.46 Å². The molecule has 0 spiro atoms. The molecule has 9 heteroatoms. The summed E-state index contributed by atoms with van der Waals surface area (Å²) in [7, 11) is -3.49. The van der Waals surface area contributed by atoms with Gasteiger partial charge in [0.25, 0.3) is 0 Å². The third-order valence-corrected chi connectivity index (χ3v) is 6.21. The predicted octanol–water partition coefficient (Wildman–Crippen LogP) is 3.05. The molecule has 2 N–H and O–H groups in total. The summed E-state index contributed by atoms with van der Waals surface area (Å²) in [5, 5.41) is 18.3. The van der Waals surface area contributed by atoms with E-state index in [0.29, 0.717) is 47.3 Å². The van der Waals surface area contributed by atoms with E-state index in [9.17, 15) is 13.7 Å². The van der Waals surface area contributed by atoms with E-state index in [0.717, 1.165) is 11.1 Å². The number of aliphatic hydroxyl groups excluding tert-OH is 1. The molecule has 3 aromatic rings. The molecule has 0 bridgehead atoms. The van der Waals surface area contributed by atoms with Gasteiger partial charge in [-0.05, 0) is 41.3 Å². The van der Waals surface area contributed by atoms with Crippen LogP contribution in [0.4, 0.5) is 0 Å². The Balaban J connectivity index is 1.72. The Morgan fingerprint density at radius 1 is 1.12 bits per heavy atom. The van der Waals surface area contributed by atoms with Gasteiger partial charge < -0.3 is 9.84 Å². The highest BCUT2D eigenvalue weighted by Gasteiger charge is 2.12. The zero-order valence-corrected chi connectivity index (χ0v) is 20.0. The first kappa shape index (κ1) is 25.3. The van der Waals surface area contributed by atoms with E-state index in [1.54, 1.807) is 36.5 Å². The molecule has 0 amide bonds. The smallest absolute Gasteiger partial charge is 0.215 e. The second-order valence-corrected chi connectivity index (χ2v) is 10.1. The number of aliphatic hydroxyl groups is 1. The Kier molecular flexibility index (Phi) is 8.71. The van der Waals surface area contributed by atoms with Gasteiger partial charge in [-0.15, -0.1) is 0 Å². The Bertz CT molecular complexity index is 1250. The average molecular weight is 481 g/mol. The number of nitrogens with one attached hydrogen (secondary N) is 1. The molecular formula is C25H28N4O4S. The fourth-order valence-corrected chi connectivity index (χ4v) is 4.35. The van der Waals surface area contributed by atoms with Crippen LogP contribution >= 0.6 is 0 Å². The Labute approximate surface area is 200 Å². The van der Waals surface area contributed by atoms with Gasteiger partial charge in [0.1, 0.15) is 17.6 Å². The quantitative estimate of drug-likeness (QED) is 0.432. The van der Waals surface area contributed by atoms with E-state index < -0.39 is 10.0 Å². The SMILES string of the molecule is CC(C)COc1ccc(-c2ccnc(Cc3ccc(CS(=O)(=O)NCCO)cc3)n2)cc1C#N. The number of benzene rings is 2. The number of ether oxygens (including phenoxy) is 1. The first-order valence-corrected chi connectivity index (χ1v) is 12.6. The van der Waals surface area contributed by atoms with Gasteiger partial charge >= 0.3 is 0 Å². The van der Waals surface area contributed by atoms with Crippen molar-refractivity contribution in [1.29, 1.82) is 5.26 Å². The van der Waals surface area contributed by atoms with E-state index in [1.807, 2.05) is 18.2 Å². The highest BCUT2D eigenvalue weighted by Crippen LogP contribution is 2.26. The van der Waals surface area contributed by atoms with Gasteiger partial charge in [-0.2, -0.15) is 5.26 Å². The van der Waals surface area contributed by atoms with E-state index >= 15 is 0 Å². The zero-order valence-electron chi connectivity index (χ0n) is 19.2. The molecule has 3 rings (SSSR count). The van der Waals surface area contributed by atoms with Crippen LogP contribution in [0.3, 0.4) is 0 Å². The number of nitrogens with zero attached hydrogens (tertiary/aromatic N) is 3. The van der Waals surface area contributed by atoms with Crippen LogP contribution in [0.25, 0.3) is 11.3 Å². The van der Waals surface area contributed by atoms with Gasteiger partial charge in [0.05, 0.1) is 30.2 Å². The summed E-state index contributed by atoms with van der Waals surface area (Å²) in [5.41, 5.74) is 3.55. The molecule has 0 radical (unpaired) electrons. The molecule has 0 saturated carbocycles. The zero-order chi connectivity index (χ0) is 24.6. The molecule has 34 heavy (non-hydrogen) atoms. The summed E-state index contributed by atoms with van der Waals surface area (Å²) in [6.45, 7) is 4.39. The normalized spacial score (nSPS) is 11.4. The van der Waals surface area contributed by atoms with Gasteiger partial charge in [0.15, 0.2) is 0 Å². The van der Waals surface area contributed by atoms with Crippen molar-refractivity contribution in [3.63, 3.8) is 0 Å². The summed E-state index contributed by atoms with van der Waals surface area (Å²) < 4.78 is 32.0. The molecule has 0 aliphatic rings. The molecule has 178 valence electrons. The number of hydrogen-bond donors (Lipinski definition) is 2. The lowest BCUT2D eigenvalue weighted by atomic mass is 10.1. The fraction of sp³-hybridized carbons (Fsp3) is 0.320. The molecule has 8 nitrogen and oxygen atoms in total. The topological polar surface area (TPSA) is 125 Å². The molecule has 0 aliphatic heterocycles. The van der Waals surface area contributed by atoms with E-state index in [2.05, 4.69) is 34.6 Å². The highest BCUT2D eigenvalue weighted by molar-refractivity contribution is 7.88. The van der Waals surface area contributed by atoms with Crippen molar-refractivity contribution in [2.45, 2.75) is 26.0 Å². The number of rotatable bonds is 11. The molecule has 0 fully saturated rings. The lowest BCUT2D eigenvalue weighted by Crippen LogP contribution is -2.27. The lowest BCUT2D eigenvalue weighted by Gasteiger charge is -2.11. The maximum Gasteiger partial charge on any atom is 0.215 e. The summed E-state index contributed by atoms with van der Waals surface area (Å²) >= 11 is 0. The predicted molar refractivity (Wildman–Crippen MR) is 129 cm³/mol. The van der Waals surface area contributed by atoms with E-state index in [-0.39, 0.29) is 18.9 Å². The molecule has 0 unspecified atom stereocenters. The Morgan fingerprint density at radius 2 is 1.85 bits per heavy atom. The third kappa shape index (κ3) is 7.35. The number of aromatic nitrogens is 2. The Hall–Kier alpha value is -3.32. The summed E-state index contributed by atoms with van der Waals surface area (Å²) in [4.78, 5) is 9.00. The molecule has 0 aliphatic carbocycles. The van der Waals surface area contributed by atoms with Crippen LogP contribution in [0.5, 0.6) is 5.75 Å². The van der Waals surface area contributed by atoms with E-state index in [1.165, 1.54) is 0 Å². The minimum atomic E-state index is -3.49. The summed E-state index contributed by atoms with van der Waals surface area (Å²) in [6.07, 6.45) is 2.16. The van der Waals surface area contributed by atoms with Crippen molar-refractivity contribution >= 4 is 10.0 Å². The van der Waals surface area contributed by atoms with Crippen molar-refractivity contribution in [3.05, 3.63) is 77.2 Å². The van der Waals surface area contributed by atoms with Crippen LogP contribution in [0.1, 0.15) is 36.4 Å². The highest BCUT2D eigenvalue weighted by atomic mass is 32.2. The van der Waals surface area contributed by atoms with Crippen molar-refractivity contribution < 1.29 is 18.3 Å². The maximum absolute atomic E-state index is 12.0. The molecule has 0 saturated heterocycles. The van der Waals surface area contributed by atoms with Gasteiger partial charge in [-0.25, -0.2) is 23.1 Å². The van der Waals surface area contributed by atoms with Gasteiger partial charge in [0.2, 0.25) is 10.0 Å². The minimum absolute atomic E-state index is 0.00233. The molecule has 2 aromatic carbocycles. The van der Waals surface area contributed by atoms with Gasteiger partial charge in [-0.3, -0.25) is 0 Å². The molecular weight excluding hydrogens is 452 g/mol. The van der Waals surface area contributed by atoms with Crippen LogP contribution in [-0.2, 0) is 22.2 Å².